The van der Waals surface area contributed by atoms with Gasteiger partial charge in [0.25, 0.3) is 0 Å². The molecule has 0 saturated heterocycles. The molecule has 6 heteroatoms. The molecule has 0 rings (SSSR count). The SMILES string of the molecule is CCN(CC)CCCCNC(=NC)NCCN(C)CCCOC. The van der Waals surface area contributed by atoms with E-state index in [0.717, 1.165) is 58.3 Å². The molecule has 2 N–H and O–H groups in total. The third-order valence-electron chi connectivity index (χ3n) is 3.99. The Morgan fingerprint density at radius 1 is 0.957 bits per heavy atom. The summed E-state index contributed by atoms with van der Waals surface area (Å²) in [5.41, 5.74) is 0. The number of likely N-dealkylation sites (N-methyl/N-ethyl adjacent to an activating group) is 1. The number of nitrogens with one attached hydrogen (secondary N) is 2. The summed E-state index contributed by atoms with van der Waals surface area (Å²) >= 11 is 0. The van der Waals surface area contributed by atoms with Gasteiger partial charge in [-0.3, -0.25) is 4.99 Å². The monoisotopic (exact) mass is 329 g/mol. The molecule has 0 aromatic heterocycles. The fourth-order valence-corrected chi connectivity index (χ4v) is 2.38. The van der Waals surface area contributed by atoms with Crippen LogP contribution in [-0.2, 0) is 4.74 Å². The van der Waals surface area contributed by atoms with Crippen LogP contribution in [0.2, 0.25) is 0 Å². The van der Waals surface area contributed by atoms with Crippen LogP contribution in [0.25, 0.3) is 0 Å². The number of methoxy groups -OCH3 is 1. The zero-order chi connectivity index (χ0) is 17.3. The maximum absolute atomic E-state index is 5.07. The average Bonchev–Trinajstić information content (AvgIpc) is 2.56. The third kappa shape index (κ3) is 13.3. The van der Waals surface area contributed by atoms with Crippen molar-refractivity contribution in [2.24, 2.45) is 4.99 Å². The smallest absolute Gasteiger partial charge is 0.191 e. The van der Waals surface area contributed by atoms with Gasteiger partial charge in [-0.1, -0.05) is 13.8 Å². The Bertz CT molecular complexity index is 282. The molecule has 0 amide bonds. The van der Waals surface area contributed by atoms with E-state index in [1.807, 2.05) is 7.05 Å². The molecule has 0 radical (unpaired) electrons. The topological polar surface area (TPSA) is 52.1 Å². The highest BCUT2D eigenvalue weighted by molar-refractivity contribution is 5.79. The van der Waals surface area contributed by atoms with Gasteiger partial charge in [0.05, 0.1) is 0 Å². The van der Waals surface area contributed by atoms with Crippen LogP contribution < -0.4 is 10.6 Å². The predicted molar refractivity (Wildman–Crippen MR) is 100 cm³/mol. The van der Waals surface area contributed by atoms with Crippen LogP contribution in [-0.4, -0.2) is 89.4 Å². The number of nitrogens with zero attached hydrogens (tertiary/aromatic N) is 3. The van der Waals surface area contributed by atoms with E-state index >= 15 is 0 Å². The Labute approximate surface area is 143 Å². The number of aliphatic imine (C=N–C) groups is 1. The second-order valence-electron chi connectivity index (χ2n) is 5.81. The van der Waals surface area contributed by atoms with Crippen LogP contribution in [0.1, 0.15) is 33.1 Å². The zero-order valence-corrected chi connectivity index (χ0v) is 16.0. The summed E-state index contributed by atoms with van der Waals surface area (Å²) in [7, 11) is 5.72. The van der Waals surface area contributed by atoms with Crippen molar-refractivity contribution in [3.63, 3.8) is 0 Å². The number of unbranched alkanes of at least 4 members (excludes halogenated alkanes) is 1. The summed E-state index contributed by atoms with van der Waals surface area (Å²) in [4.78, 5) is 9.04. The standard InChI is InChI=1S/C17H39N5O/c1-6-22(7-2)14-9-8-11-19-17(18-3)20-12-15-21(4)13-10-16-23-5/h6-16H2,1-5H3,(H2,18,19,20). The molecule has 138 valence electrons. The molecule has 6 nitrogen and oxygen atoms in total. The molecule has 0 unspecified atom stereocenters. The van der Waals surface area contributed by atoms with Crippen molar-refractivity contribution in [3.05, 3.63) is 0 Å². The second-order valence-corrected chi connectivity index (χ2v) is 5.81. The van der Waals surface area contributed by atoms with Gasteiger partial charge in [-0.25, -0.2) is 0 Å². The van der Waals surface area contributed by atoms with Gasteiger partial charge < -0.3 is 25.2 Å². The first kappa shape index (κ1) is 22.1. The van der Waals surface area contributed by atoms with Gasteiger partial charge in [-0.15, -0.1) is 0 Å². The maximum Gasteiger partial charge on any atom is 0.191 e. The summed E-state index contributed by atoms with van der Waals surface area (Å²) in [5, 5.41) is 6.76. The Hall–Kier alpha value is -0.850. The van der Waals surface area contributed by atoms with Crippen molar-refractivity contribution in [2.45, 2.75) is 33.1 Å². The molecule has 23 heavy (non-hydrogen) atoms. The molecular formula is C17H39N5O. The Morgan fingerprint density at radius 2 is 1.65 bits per heavy atom. The summed E-state index contributed by atoms with van der Waals surface area (Å²) < 4.78 is 5.07. The van der Waals surface area contributed by atoms with Crippen molar-refractivity contribution in [1.82, 2.24) is 20.4 Å². The van der Waals surface area contributed by atoms with Gasteiger partial charge >= 0.3 is 0 Å². The fraction of sp³-hybridized carbons (Fsp3) is 0.941. The Morgan fingerprint density at radius 3 is 2.26 bits per heavy atom. The van der Waals surface area contributed by atoms with Crippen LogP contribution in [0.5, 0.6) is 0 Å². The van der Waals surface area contributed by atoms with Crippen LogP contribution in [0.15, 0.2) is 4.99 Å². The zero-order valence-electron chi connectivity index (χ0n) is 16.0. The van der Waals surface area contributed by atoms with Crippen LogP contribution in [0.4, 0.5) is 0 Å². The predicted octanol–water partition coefficient (Wildman–Crippen LogP) is 1.24. The second kappa shape index (κ2) is 16.0. The van der Waals surface area contributed by atoms with Crippen LogP contribution in [0, 0.1) is 0 Å². The molecule has 0 spiro atoms. The quantitative estimate of drug-likeness (QED) is 0.285. The van der Waals surface area contributed by atoms with E-state index in [4.69, 9.17) is 4.74 Å². The lowest BCUT2D eigenvalue weighted by molar-refractivity contribution is 0.180. The van der Waals surface area contributed by atoms with Gasteiger partial charge in [0.1, 0.15) is 0 Å². The van der Waals surface area contributed by atoms with E-state index < -0.39 is 0 Å². The summed E-state index contributed by atoms with van der Waals surface area (Å²) in [6.45, 7) is 12.7. The van der Waals surface area contributed by atoms with Crippen LogP contribution >= 0.6 is 0 Å². The van der Waals surface area contributed by atoms with Gasteiger partial charge in [-0.2, -0.15) is 0 Å². The molecule has 0 aromatic carbocycles. The van der Waals surface area contributed by atoms with Crippen LogP contribution in [0.3, 0.4) is 0 Å². The van der Waals surface area contributed by atoms with Crippen molar-refractivity contribution in [3.8, 4) is 0 Å². The summed E-state index contributed by atoms with van der Waals surface area (Å²) in [6, 6.07) is 0. The highest BCUT2D eigenvalue weighted by Crippen LogP contribution is 1.94. The lowest BCUT2D eigenvalue weighted by atomic mass is 10.3. The van der Waals surface area contributed by atoms with Crippen molar-refractivity contribution in [1.29, 1.82) is 0 Å². The number of ether oxygens (including phenoxy) is 1. The normalized spacial score (nSPS) is 12.2. The molecule has 0 aliphatic carbocycles. The number of hydrogen-bond donors (Lipinski definition) is 2. The van der Waals surface area contributed by atoms with E-state index in [9.17, 15) is 0 Å². The Kier molecular flexibility index (Phi) is 15.4. The Balaban J connectivity index is 3.63. The number of rotatable bonds is 14. The lowest BCUT2D eigenvalue weighted by Crippen LogP contribution is -2.41. The fourth-order valence-electron chi connectivity index (χ4n) is 2.38. The van der Waals surface area contributed by atoms with E-state index in [1.54, 1.807) is 7.11 Å². The minimum Gasteiger partial charge on any atom is -0.385 e. The van der Waals surface area contributed by atoms with E-state index in [2.05, 4.69) is 46.3 Å². The number of guanidine groups is 1. The molecule has 0 aromatic rings. The molecule has 0 aliphatic heterocycles. The van der Waals surface area contributed by atoms with Gasteiger partial charge in [-0.05, 0) is 45.9 Å². The highest BCUT2D eigenvalue weighted by atomic mass is 16.5. The number of hydrogen-bond acceptors (Lipinski definition) is 4. The molecule has 0 fully saturated rings. The van der Waals surface area contributed by atoms with Gasteiger partial charge in [0, 0.05) is 46.9 Å². The van der Waals surface area contributed by atoms with Crippen molar-refractivity contribution >= 4 is 5.96 Å². The van der Waals surface area contributed by atoms with E-state index in [1.165, 1.54) is 19.4 Å². The van der Waals surface area contributed by atoms with Crippen molar-refractivity contribution < 1.29 is 4.74 Å². The summed E-state index contributed by atoms with van der Waals surface area (Å²) in [5.74, 6) is 0.901. The minimum absolute atomic E-state index is 0.828. The first-order valence-corrected chi connectivity index (χ1v) is 9.02. The molecule has 0 saturated carbocycles. The molecule has 0 heterocycles. The van der Waals surface area contributed by atoms with Crippen molar-refractivity contribution in [2.75, 3.05) is 73.6 Å². The molecule has 0 aliphatic rings. The molecule has 0 atom stereocenters. The summed E-state index contributed by atoms with van der Waals surface area (Å²) in [6.07, 6.45) is 3.48. The first-order chi connectivity index (χ1) is 11.2. The minimum atomic E-state index is 0.828. The van der Waals surface area contributed by atoms with E-state index in [-0.39, 0.29) is 0 Å². The first-order valence-electron chi connectivity index (χ1n) is 9.02. The lowest BCUT2D eigenvalue weighted by Gasteiger charge is -2.19. The third-order valence-corrected chi connectivity index (χ3v) is 3.99. The molecular weight excluding hydrogens is 290 g/mol. The highest BCUT2D eigenvalue weighted by Gasteiger charge is 2.01. The van der Waals surface area contributed by atoms with E-state index in [0.29, 0.717) is 0 Å². The maximum atomic E-state index is 5.07. The van der Waals surface area contributed by atoms with Gasteiger partial charge in [0.2, 0.25) is 0 Å². The van der Waals surface area contributed by atoms with Gasteiger partial charge in [0.15, 0.2) is 5.96 Å². The molecule has 0 bridgehead atoms. The largest absolute Gasteiger partial charge is 0.385 e. The average molecular weight is 330 g/mol.